The fourth-order valence-electron chi connectivity index (χ4n) is 3.21. The molecule has 0 aromatic heterocycles. The maximum Gasteiger partial charge on any atom is 1.00 e. The van der Waals surface area contributed by atoms with E-state index in [-0.39, 0.29) is 26.4 Å². The summed E-state index contributed by atoms with van der Waals surface area (Å²) >= 11 is 0. The number of hydrogen-bond donors (Lipinski definition) is 1. The molecule has 0 unspecified atom stereocenters. The van der Waals surface area contributed by atoms with Crippen LogP contribution in [0.15, 0.2) is 0 Å². The first-order valence-electron chi connectivity index (χ1n) is 5.97. The topological polar surface area (TPSA) is 35.0 Å². The second kappa shape index (κ2) is 7.80. The van der Waals surface area contributed by atoms with E-state index in [1.807, 2.05) is 0 Å². The van der Waals surface area contributed by atoms with E-state index in [0.29, 0.717) is 0 Å². The van der Waals surface area contributed by atoms with Gasteiger partial charge in [-0.2, -0.15) is 0 Å². The van der Waals surface area contributed by atoms with Crippen LogP contribution in [-0.2, 0) is 0 Å². The molecular weight excluding hydrogens is 165 g/mol. The Labute approximate surface area is 103 Å². The van der Waals surface area contributed by atoms with Gasteiger partial charge in [-0.1, -0.05) is 64.2 Å². The second-order valence-corrected chi connectivity index (χ2v) is 4.80. The summed E-state index contributed by atoms with van der Waals surface area (Å²) < 4.78 is 0. The summed E-state index contributed by atoms with van der Waals surface area (Å²) in [4.78, 5) is 0. The van der Waals surface area contributed by atoms with Crippen LogP contribution >= 0.6 is 0 Å². The van der Waals surface area contributed by atoms with Gasteiger partial charge in [0.05, 0.1) is 0 Å². The van der Waals surface area contributed by atoms with Crippen molar-refractivity contribution >= 4 is 0 Å². The molecule has 1 nitrogen and oxygen atoms in total. The number of rotatable bonds is 1. The minimum absolute atomic E-state index is 0. The van der Waals surface area contributed by atoms with Crippen LogP contribution in [0.25, 0.3) is 0 Å². The normalized spacial score (nSPS) is 24.9. The van der Waals surface area contributed by atoms with Crippen LogP contribution in [-0.4, -0.2) is 0 Å². The van der Waals surface area contributed by atoms with E-state index in [4.69, 9.17) is 0 Å². The van der Waals surface area contributed by atoms with Crippen molar-refractivity contribution in [1.29, 1.82) is 0 Å². The van der Waals surface area contributed by atoms with Crippen LogP contribution < -0.4 is 25.0 Å². The molecule has 0 aromatic rings. The molecule has 0 heterocycles. The summed E-state index contributed by atoms with van der Waals surface area (Å²) in [6.07, 6.45) is 15.4. The molecule has 0 radical (unpaired) electrons. The van der Waals surface area contributed by atoms with Gasteiger partial charge in [0.1, 0.15) is 0 Å². The van der Waals surface area contributed by atoms with E-state index in [1.54, 1.807) is 25.7 Å². The zero-order chi connectivity index (χ0) is 8.23. The predicted octanol–water partition coefficient (Wildman–Crippen LogP) is 1.43. The van der Waals surface area contributed by atoms with Gasteiger partial charge in [-0.15, -0.1) is 0 Å². The van der Waals surface area contributed by atoms with Gasteiger partial charge >= 0.3 is 18.9 Å². The first-order valence-corrected chi connectivity index (χ1v) is 5.97. The largest absolute Gasteiger partial charge is 1.00 e. The van der Waals surface area contributed by atoms with Gasteiger partial charge in [0.25, 0.3) is 0 Å². The zero-order valence-corrected chi connectivity index (χ0v) is 9.93. The Hall–Kier alpha value is 0.557. The summed E-state index contributed by atoms with van der Waals surface area (Å²) in [6.45, 7) is 0. The van der Waals surface area contributed by atoms with E-state index in [2.05, 4.69) is 0 Å². The van der Waals surface area contributed by atoms with Crippen LogP contribution in [0.5, 0.6) is 0 Å². The van der Waals surface area contributed by atoms with Crippen molar-refractivity contribution in [2.75, 3.05) is 0 Å². The van der Waals surface area contributed by atoms with Gasteiger partial charge in [0.2, 0.25) is 0 Å². The zero-order valence-electron chi connectivity index (χ0n) is 10.9. The average Bonchev–Trinajstić information content (AvgIpc) is 2.21. The summed E-state index contributed by atoms with van der Waals surface area (Å²) in [5.74, 6) is 2.28. The molecular formula is C12H26LiN. The standard InChI is InChI=1S/C12H22.Li.H3N.H/c1-3-7-11(8-4-1)12-9-5-2-6-10-12;;;/h11-12H,1-10H2;;1H3;/q;+1;;-1. The van der Waals surface area contributed by atoms with Gasteiger partial charge in [-0.3, -0.25) is 0 Å². The Kier molecular flexibility index (Phi) is 8.11. The molecule has 2 aliphatic carbocycles. The first-order chi connectivity index (χ1) is 5.97. The molecule has 2 aliphatic rings. The third kappa shape index (κ3) is 3.97. The van der Waals surface area contributed by atoms with Crippen LogP contribution in [0.1, 0.15) is 65.6 Å². The molecule has 0 aromatic carbocycles. The molecule has 14 heavy (non-hydrogen) atoms. The maximum absolute atomic E-state index is 1.56. The maximum atomic E-state index is 1.56. The van der Waals surface area contributed by atoms with Crippen molar-refractivity contribution in [3.63, 3.8) is 0 Å². The van der Waals surface area contributed by atoms with E-state index in [9.17, 15) is 0 Å². The fourth-order valence-corrected chi connectivity index (χ4v) is 3.21. The SMILES string of the molecule is C1CCC(C2CCCCC2)CC1.N.[H-].[Li+]. The summed E-state index contributed by atoms with van der Waals surface area (Å²) in [7, 11) is 0. The Morgan fingerprint density at radius 3 is 1.14 bits per heavy atom. The quantitative estimate of drug-likeness (QED) is 0.625. The molecule has 3 N–H and O–H groups in total. The van der Waals surface area contributed by atoms with Crippen LogP contribution in [0.2, 0.25) is 0 Å². The van der Waals surface area contributed by atoms with Crippen molar-refractivity contribution in [3.05, 3.63) is 0 Å². The van der Waals surface area contributed by atoms with E-state index >= 15 is 0 Å². The molecule has 0 spiro atoms. The molecule has 0 bridgehead atoms. The fraction of sp³-hybridized carbons (Fsp3) is 1.00. The van der Waals surface area contributed by atoms with Crippen molar-refractivity contribution in [2.24, 2.45) is 11.8 Å². The molecule has 2 rings (SSSR count). The van der Waals surface area contributed by atoms with Gasteiger partial charge < -0.3 is 7.58 Å². The summed E-state index contributed by atoms with van der Waals surface area (Å²) in [5.41, 5.74) is 0. The van der Waals surface area contributed by atoms with Gasteiger partial charge in [0.15, 0.2) is 0 Å². The van der Waals surface area contributed by atoms with Crippen molar-refractivity contribution in [3.8, 4) is 0 Å². The van der Waals surface area contributed by atoms with Gasteiger partial charge in [0, 0.05) is 0 Å². The van der Waals surface area contributed by atoms with E-state index in [1.165, 1.54) is 38.5 Å². The van der Waals surface area contributed by atoms with Crippen LogP contribution in [0.4, 0.5) is 0 Å². The summed E-state index contributed by atoms with van der Waals surface area (Å²) in [5, 5.41) is 0. The molecule has 2 heteroatoms. The summed E-state index contributed by atoms with van der Waals surface area (Å²) in [6, 6.07) is 0. The molecule has 0 saturated heterocycles. The van der Waals surface area contributed by atoms with Crippen LogP contribution in [0.3, 0.4) is 0 Å². The molecule has 2 saturated carbocycles. The third-order valence-corrected chi connectivity index (χ3v) is 3.97. The second-order valence-electron chi connectivity index (χ2n) is 4.80. The van der Waals surface area contributed by atoms with Gasteiger partial charge in [-0.05, 0) is 11.8 Å². The van der Waals surface area contributed by atoms with Gasteiger partial charge in [-0.25, -0.2) is 0 Å². The van der Waals surface area contributed by atoms with E-state index < -0.39 is 0 Å². The molecule has 0 aliphatic heterocycles. The smallest absolute Gasteiger partial charge is 1.00 e. The Bertz CT molecular complexity index is 116. The average molecular weight is 191 g/mol. The van der Waals surface area contributed by atoms with Crippen molar-refractivity contribution < 1.29 is 20.3 Å². The van der Waals surface area contributed by atoms with Crippen LogP contribution in [0, 0.1) is 11.8 Å². The molecule has 0 atom stereocenters. The first kappa shape index (κ1) is 14.6. The monoisotopic (exact) mass is 191 g/mol. The molecule has 2 fully saturated rings. The Morgan fingerprint density at radius 2 is 0.857 bits per heavy atom. The number of hydrogen-bond acceptors (Lipinski definition) is 1. The minimum Gasteiger partial charge on any atom is -1.00 e. The Morgan fingerprint density at radius 1 is 0.571 bits per heavy atom. The van der Waals surface area contributed by atoms with E-state index in [0.717, 1.165) is 11.8 Å². The third-order valence-electron chi connectivity index (χ3n) is 3.97. The predicted molar refractivity (Wildman–Crippen MR) is 59.3 cm³/mol. The minimum atomic E-state index is 0. The van der Waals surface area contributed by atoms with Crippen molar-refractivity contribution in [1.82, 2.24) is 6.15 Å². The van der Waals surface area contributed by atoms with Crippen molar-refractivity contribution in [2.45, 2.75) is 64.2 Å². The molecule has 0 amide bonds. The molecule has 80 valence electrons. The Balaban J connectivity index is 0.